The molecule has 0 aliphatic carbocycles. The predicted molar refractivity (Wildman–Crippen MR) is 80.0 cm³/mol. The first kappa shape index (κ1) is 17.8. The number of carbonyl (C=O) groups excluding carboxylic acids is 1. The Morgan fingerprint density at radius 1 is 1.17 bits per heavy atom. The zero-order valence-electron chi connectivity index (χ0n) is 12.2. The van der Waals surface area contributed by atoms with Crippen molar-refractivity contribution in [1.82, 2.24) is 0 Å². The molecular weight excluding hydrogens is 347 g/mol. The normalized spacial score (nSPS) is 11.2. The van der Waals surface area contributed by atoms with Crippen LogP contribution >= 0.6 is 11.8 Å². The summed E-state index contributed by atoms with van der Waals surface area (Å²) in [5, 5.41) is 11.1. The molecule has 126 valence electrons. The van der Waals surface area contributed by atoms with Crippen LogP contribution in [0, 0.1) is 10.1 Å². The van der Waals surface area contributed by atoms with E-state index in [2.05, 4.69) is 4.74 Å². The summed E-state index contributed by atoms with van der Waals surface area (Å²) in [6.45, 7) is 0. The molecule has 0 saturated carbocycles. The lowest BCUT2D eigenvalue weighted by molar-refractivity contribution is -0.388. The van der Waals surface area contributed by atoms with Gasteiger partial charge in [0.1, 0.15) is 0 Å². The number of alkyl halides is 3. The van der Waals surface area contributed by atoms with Gasteiger partial charge in [0.15, 0.2) is 0 Å². The summed E-state index contributed by atoms with van der Waals surface area (Å²) in [5.74, 6) is -0.646. The third-order valence-corrected chi connectivity index (χ3v) is 4.14. The number of esters is 1. The number of rotatable bonds is 4. The van der Waals surface area contributed by atoms with Crippen LogP contribution in [0.2, 0.25) is 0 Å². The minimum atomic E-state index is -4.68. The van der Waals surface area contributed by atoms with E-state index < -0.39 is 28.3 Å². The second-order valence-corrected chi connectivity index (χ2v) is 5.61. The molecule has 2 rings (SSSR count). The molecule has 0 saturated heterocycles. The standard InChI is InChI=1S/C15H10F3NO4S/c1-23-14(20)10-4-2-3-5-12(10)24-13-7-6-9(15(16,17)18)8-11(13)19(21)22/h2-8H,1H3. The smallest absolute Gasteiger partial charge is 0.416 e. The number of methoxy groups -OCH3 is 1. The minimum absolute atomic E-state index is 0.00986. The predicted octanol–water partition coefficient (Wildman–Crippen LogP) is 4.55. The van der Waals surface area contributed by atoms with E-state index in [-0.39, 0.29) is 10.5 Å². The summed E-state index contributed by atoms with van der Waals surface area (Å²) in [5.41, 5.74) is -1.63. The first-order valence-electron chi connectivity index (χ1n) is 6.45. The zero-order valence-corrected chi connectivity index (χ0v) is 13.0. The van der Waals surface area contributed by atoms with Crippen molar-refractivity contribution in [2.24, 2.45) is 0 Å². The van der Waals surface area contributed by atoms with Crippen molar-refractivity contribution in [3.63, 3.8) is 0 Å². The van der Waals surface area contributed by atoms with Gasteiger partial charge in [0.05, 0.1) is 28.1 Å². The first-order chi connectivity index (χ1) is 11.2. The lowest BCUT2D eigenvalue weighted by Crippen LogP contribution is -2.06. The van der Waals surface area contributed by atoms with Gasteiger partial charge in [0.2, 0.25) is 0 Å². The summed E-state index contributed by atoms with van der Waals surface area (Å²) >= 11 is 0.822. The van der Waals surface area contributed by atoms with Crippen molar-refractivity contribution < 1.29 is 27.6 Å². The van der Waals surface area contributed by atoms with E-state index in [1.54, 1.807) is 12.1 Å². The zero-order chi connectivity index (χ0) is 17.9. The van der Waals surface area contributed by atoms with Gasteiger partial charge in [-0.15, -0.1) is 0 Å². The van der Waals surface area contributed by atoms with Gasteiger partial charge in [0.25, 0.3) is 5.69 Å². The molecule has 24 heavy (non-hydrogen) atoms. The van der Waals surface area contributed by atoms with Crippen molar-refractivity contribution in [1.29, 1.82) is 0 Å². The number of ether oxygens (including phenoxy) is 1. The maximum Gasteiger partial charge on any atom is 0.416 e. The molecular formula is C15H10F3NO4S. The van der Waals surface area contributed by atoms with Gasteiger partial charge in [-0.05, 0) is 24.3 Å². The second kappa shape index (κ2) is 6.91. The van der Waals surface area contributed by atoms with E-state index >= 15 is 0 Å². The Labute approximate surface area is 138 Å². The monoisotopic (exact) mass is 357 g/mol. The van der Waals surface area contributed by atoms with Gasteiger partial charge in [-0.2, -0.15) is 13.2 Å². The topological polar surface area (TPSA) is 69.4 Å². The van der Waals surface area contributed by atoms with Gasteiger partial charge in [-0.3, -0.25) is 10.1 Å². The Morgan fingerprint density at radius 2 is 1.83 bits per heavy atom. The summed E-state index contributed by atoms with van der Waals surface area (Å²) in [7, 11) is 1.18. The fourth-order valence-corrected chi connectivity index (χ4v) is 2.89. The lowest BCUT2D eigenvalue weighted by Gasteiger charge is -2.10. The van der Waals surface area contributed by atoms with Crippen molar-refractivity contribution in [2.75, 3.05) is 7.11 Å². The van der Waals surface area contributed by atoms with Crippen LogP contribution in [0.25, 0.3) is 0 Å². The van der Waals surface area contributed by atoms with Gasteiger partial charge >= 0.3 is 12.1 Å². The second-order valence-electron chi connectivity index (χ2n) is 4.53. The molecule has 0 bridgehead atoms. The summed E-state index contributed by atoms with van der Waals surface area (Å²) in [6, 6.07) is 8.42. The molecule has 0 radical (unpaired) electrons. The van der Waals surface area contributed by atoms with E-state index in [0.29, 0.717) is 11.0 Å². The van der Waals surface area contributed by atoms with Crippen LogP contribution in [0.3, 0.4) is 0 Å². The van der Waals surface area contributed by atoms with Crippen molar-refractivity contribution in [3.05, 3.63) is 63.7 Å². The number of nitro benzene ring substituents is 1. The molecule has 0 aromatic heterocycles. The molecule has 0 aliphatic rings. The fraction of sp³-hybridized carbons (Fsp3) is 0.133. The van der Waals surface area contributed by atoms with E-state index in [0.717, 1.165) is 23.9 Å². The highest BCUT2D eigenvalue weighted by Gasteiger charge is 2.33. The average Bonchev–Trinajstić information content (AvgIpc) is 2.53. The maximum absolute atomic E-state index is 12.7. The van der Waals surface area contributed by atoms with E-state index in [1.807, 2.05) is 0 Å². The molecule has 0 amide bonds. The molecule has 0 aliphatic heterocycles. The average molecular weight is 357 g/mol. The number of nitrogens with zero attached hydrogens (tertiary/aromatic N) is 1. The van der Waals surface area contributed by atoms with E-state index in [9.17, 15) is 28.1 Å². The van der Waals surface area contributed by atoms with Gasteiger partial charge in [-0.25, -0.2) is 4.79 Å². The number of hydrogen-bond acceptors (Lipinski definition) is 5. The molecule has 0 unspecified atom stereocenters. The molecule has 0 spiro atoms. The van der Waals surface area contributed by atoms with Crippen molar-refractivity contribution in [3.8, 4) is 0 Å². The number of hydrogen-bond donors (Lipinski definition) is 0. The first-order valence-corrected chi connectivity index (χ1v) is 7.26. The molecule has 0 N–H and O–H groups in total. The molecule has 0 atom stereocenters. The molecule has 9 heteroatoms. The highest BCUT2D eigenvalue weighted by atomic mass is 32.2. The van der Waals surface area contributed by atoms with Crippen LogP contribution in [-0.2, 0) is 10.9 Å². The number of benzene rings is 2. The number of nitro groups is 1. The van der Waals surface area contributed by atoms with Crippen LogP contribution in [0.1, 0.15) is 15.9 Å². The number of carbonyl (C=O) groups is 1. The molecule has 0 fully saturated rings. The summed E-state index contributed by atoms with van der Waals surface area (Å²) in [6.07, 6.45) is -4.68. The summed E-state index contributed by atoms with van der Waals surface area (Å²) < 4.78 is 42.8. The molecule has 0 heterocycles. The summed E-state index contributed by atoms with van der Waals surface area (Å²) in [4.78, 5) is 22.2. The third kappa shape index (κ3) is 3.85. The SMILES string of the molecule is COC(=O)c1ccccc1Sc1ccc(C(F)(F)F)cc1[N+](=O)[O-]. The molecule has 5 nitrogen and oxygen atoms in total. The van der Waals surface area contributed by atoms with Crippen LogP contribution in [0.15, 0.2) is 52.3 Å². The van der Waals surface area contributed by atoms with Crippen molar-refractivity contribution in [2.45, 2.75) is 16.0 Å². The number of halogens is 3. The Kier molecular flexibility index (Phi) is 5.13. The molecule has 2 aromatic rings. The van der Waals surface area contributed by atoms with Crippen LogP contribution in [0.4, 0.5) is 18.9 Å². The van der Waals surface area contributed by atoms with Crippen molar-refractivity contribution >= 4 is 23.4 Å². The van der Waals surface area contributed by atoms with Gasteiger partial charge in [0, 0.05) is 11.0 Å². The van der Waals surface area contributed by atoms with E-state index in [4.69, 9.17) is 0 Å². The van der Waals surface area contributed by atoms with Gasteiger partial charge in [-0.1, -0.05) is 23.9 Å². The Hall–Kier alpha value is -2.55. The van der Waals surface area contributed by atoms with Crippen LogP contribution < -0.4 is 0 Å². The largest absolute Gasteiger partial charge is 0.465 e. The minimum Gasteiger partial charge on any atom is -0.465 e. The quantitative estimate of drug-likeness (QED) is 0.456. The highest BCUT2D eigenvalue weighted by molar-refractivity contribution is 7.99. The Bertz CT molecular complexity index is 793. The fourth-order valence-electron chi connectivity index (χ4n) is 1.88. The van der Waals surface area contributed by atoms with Gasteiger partial charge < -0.3 is 4.74 Å². The Morgan fingerprint density at radius 3 is 2.42 bits per heavy atom. The van der Waals surface area contributed by atoms with E-state index in [1.165, 1.54) is 19.2 Å². The maximum atomic E-state index is 12.7. The lowest BCUT2D eigenvalue weighted by atomic mass is 10.2. The van der Waals surface area contributed by atoms with Crippen LogP contribution in [0.5, 0.6) is 0 Å². The van der Waals surface area contributed by atoms with Crippen LogP contribution in [-0.4, -0.2) is 18.0 Å². The Balaban J connectivity index is 2.48. The highest BCUT2D eigenvalue weighted by Crippen LogP contribution is 2.40. The molecule has 2 aromatic carbocycles. The third-order valence-electron chi connectivity index (χ3n) is 3.00.